The van der Waals surface area contributed by atoms with E-state index in [1.807, 2.05) is 29.2 Å². The lowest BCUT2D eigenvalue weighted by Crippen LogP contribution is -2.13. The third kappa shape index (κ3) is 2.82. The molecule has 0 N–H and O–H groups in total. The Labute approximate surface area is 174 Å². The SMILES string of the molecule is C#Cc1ccc2c(c1)-n1nnc(COC)c1Cc1c(C3=N[C@@H](C(C)C)CO3)ncn1-2. The Morgan fingerprint density at radius 2 is 2.17 bits per heavy atom. The molecule has 0 aliphatic carbocycles. The van der Waals surface area contributed by atoms with Gasteiger partial charge in [-0.05, 0) is 24.1 Å². The molecule has 1 aromatic carbocycles. The highest BCUT2D eigenvalue weighted by atomic mass is 16.5. The van der Waals surface area contributed by atoms with E-state index in [2.05, 4.69) is 39.6 Å². The monoisotopic (exact) mass is 402 g/mol. The van der Waals surface area contributed by atoms with Crippen molar-refractivity contribution in [2.45, 2.75) is 32.9 Å². The van der Waals surface area contributed by atoms with Crippen LogP contribution in [0.25, 0.3) is 11.4 Å². The Morgan fingerprint density at radius 3 is 2.90 bits per heavy atom. The minimum absolute atomic E-state index is 0.143. The maximum Gasteiger partial charge on any atom is 0.237 e. The lowest BCUT2D eigenvalue weighted by molar-refractivity contribution is 0.180. The molecule has 30 heavy (non-hydrogen) atoms. The third-order valence-corrected chi connectivity index (χ3v) is 5.60. The van der Waals surface area contributed by atoms with E-state index in [0.717, 1.165) is 39.7 Å². The van der Waals surface area contributed by atoms with Crippen LogP contribution >= 0.6 is 0 Å². The van der Waals surface area contributed by atoms with Crippen molar-refractivity contribution in [3.05, 3.63) is 52.9 Å². The molecule has 0 spiro atoms. The van der Waals surface area contributed by atoms with Crippen LogP contribution in [0.4, 0.5) is 0 Å². The highest BCUT2D eigenvalue weighted by molar-refractivity contribution is 5.95. The Bertz CT molecular complexity index is 1200. The van der Waals surface area contributed by atoms with Gasteiger partial charge in [-0.1, -0.05) is 25.0 Å². The lowest BCUT2D eigenvalue weighted by atomic mass is 10.1. The number of aliphatic imine (C=N–C) groups is 1. The fourth-order valence-electron chi connectivity index (χ4n) is 3.89. The van der Waals surface area contributed by atoms with Gasteiger partial charge in [0.2, 0.25) is 5.90 Å². The Morgan fingerprint density at radius 1 is 1.30 bits per heavy atom. The smallest absolute Gasteiger partial charge is 0.237 e. The maximum absolute atomic E-state index is 5.93. The van der Waals surface area contributed by atoms with Gasteiger partial charge in [-0.15, -0.1) is 11.5 Å². The van der Waals surface area contributed by atoms with E-state index in [1.54, 1.807) is 7.11 Å². The van der Waals surface area contributed by atoms with E-state index in [-0.39, 0.29) is 6.04 Å². The summed E-state index contributed by atoms with van der Waals surface area (Å²) in [5.41, 5.74) is 6.00. The number of rotatable bonds is 4. The summed E-state index contributed by atoms with van der Waals surface area (Å²) in [4.78, 5) is 9.46. The highest BCUT2D eigenvalue weighted by Gasteiger charge is 2.31. The van der Waals surface area contributed by atoms with Crippen molar-refractivity contribution in [3.8, 4) is 23.7 Å². The van der Waals surface area contributed by atoms with Gasteiger partial charge in [-0.2, -0.15) is 0 Å². The van der Waals surface area contributed by atoms with Crippen LogP contribution in [0.5, 0.6) is 0 Å². The molecule has 0 amide bonds. The van der Waals surface area contributed by atoms with Crippen LogP contribution in [0, 0.1) is 18.3 Å². The first-order chi connectivity index (χ1) is 14.6. The molecule has 0 fully saturated rings. The van der Waals surface area contributed by atoms with Gasteiger partial charge >= 0.3 is 0 Å². The van der Waals surface area contributed by atoms with Crippen LogP contribution in [0.3, 0.4) is 0 Å². The lowest BCUT2D eigenvalue weighted by Gasteiger charge is -2.10. The van der Waals surface area contributed by atoms with Gasteiger partial charge in [0.25, 0.3) is 0 Å². The van der Waals surface area contributed by atoms with E-state index in [4.69, 9.17) is 20.9 Å². The van der Waals surface area contributed by atoms with E-state index in [0.29, 0.717) is 31.5 Å². The molecular formula is C22H22N6O2. The molecule has 2 aromatic heterocycles. The molecule has 0 radical (unpaired) electrons. The molecule has 5 rings (SSSR count). The first-order valence-electron chi connectivity index (χ1n) is 9.91. The second-order valence-corrected chi connectivity index (χ2v) is 7.82. The molecule has 2 aliphatic rings. The summed E-state index contributed by atoms with van der Waals surface area (Å²) in [7, 11) is 1.65. The molecule has 0 unspecified atom stereocenters. The summed E-state index contributed by atoms with van der Waals surface area (Å²) in [6.07, 6.45) is 8.02. The van der Waals surface area contributed by atoms with Crippen molar-refractivity contribution in [2.24, 2.45) is 10.9 Å². The maximum atomic E-state index is 5.93. The minimum Gasteiger partial charge on any atom is -0.474 e. The average Bonchev–Trinajstić information content (AvgIpc) is 3.46. The van der Waals surface area contributed by atoms with Crippen molar-refractivity contribution in [1.82, 2.24) is 24.5 Å². The number of aromatic nitrogens is 5. The van der Waals surface area contributed by atoms with Crippen molar-refractivity contribution in [2.75, 3.05) is 13.7 Å². The normalized spacial score (nSPS) is 16.9. The van der Waals surface area contributed by atoms with Crippen molar-refractivity contribution < 1.29 is 9.47 Å². The van der Waals surface area contributed by atoms with Crippen LogP contribution in [-0.4, -0.2) is 50.2 Å². The number of imidazole rings is 1. The zero-order valence-corrected chi connectivity index (χ0v) is 17.2. The quantitative estimate of drug-likeness (QED) is 0.490. The van der Waals surface area contributed by atoms with Gasteiger partial charge in [-0.25, -0.2) is 14.7 Å². The Kier molecular flexibility index (Phi) is 4.40. The molecule has 152 valence electrons. The molecule has 8 nitrogen and oxygen atoms in total. The first-order valence-corrected chi connectivity index (χ1v) is 9.91. The fourth-order valence-corrected chi connectivity index (χ4v) is 3.89. The zero-order valence-electron chi connectivity index (χ0n) is 17.2. The molecule has 0 bridgehead atoms. The number of terminal acetylenes is 1. The van der Waals surface area contributed by atoms with Crippen LogP contribution in [0.2, 0.25) is 0 Å². The van der Waals surface area contributed by atoms with E-state index >= 15 is 0 Å². The standard InChI is InChI=1S/C22H22N6O2/c1-5-14-6-7-17-19(8-14)28-18(16(10-29-4)25-26-28)9-20-21(23-12-27(17)20)22-24-15(11-30-22)13(2)3/h1,6-8,12-13,15H,9-11H2,2-4H3/t15-/m1/s1. The molecule has 1 atom stereocenters. The molecule has 0 saturated carbocycles. The molecule has 2 aliphatic heterocycles. The summed E-state index contributed by atoms with van der Waals surface area (Å²) in [6, 6.07) is 5.99. The summed E-state index contributed by atoms with van der Waals surface area (Å²) in [5, 5.41) is 8.75. The van der Waals surface area contributed by atoms with Gasteiger partial charge < -0.3 is 9.47 Å². The number of benzene rings is 1. The van der Waals surface area contributed by atoms with Crippen LogP contribution in [0.1, 0.15) is 42.2 Å². The Hall–Kier alpha value is -3.44. The van der Waals surface area contributed by atoms with E-state index in [1.165, 1.54) is 0 Å². The molecular weight excluding hydrogens is 380 g/mol. The van der Waals surface area contributed by atoms with E-state index < -0.39 is 0 Å². The summed E-state index contributed by atoms with van der Waals surface area (Å²) < 4.78 is 15.2. The summed E-state index contributed by atoms with van der Waals surface area (Å²) in [6.45, 7) is 5.25. The fraction of sp³-hybridized carbons (Fsp3) is 0.364. The van der Waals surface area contributed by atoms with Crippen molar-refractivity contribution in [3.63, 3.8) is 0 Å². The number of fused-ring (bicyclic) bond motifs is 5. The van der Waals surface area contributed by atoms with Gasteiger partial charge in [0.05, 0.1) is 35.4 Å². The van der Waals surface area contributed by atoms with Crippen LogP contribution in [-0.2, 0) is 22.5 Å². The second kappa shape index (κ2) is 7.11. The summed E-state index contributed by atoms with van der Waals surface area (Å²) >= 11 is 0. The molecule has 8 heteroatoms. The average molecular weight is 402 g/mol. The Balaban J connectivity index is 1.71. The second-order valence-electron chi connectivity index (χ2n) is 7.82. The zero-order chi connectivity index (χ0) is 20.8. The highest BCUT2D eigenvalue weighted by Crippen LogP contribution is 2.32. The predicted molar refractivity (Wildman–Crippen MR) is 111 cm³/mol. The third-order valence-electron chi connectivity index (χ3n) is 5.60. The number of hydrogen-bond acceptors (Lipinski definition) is 6. The first kappa shape index (κ1) is 18.6. The van der Waals surface area contributed by atoms with Crippen LogP contribution in [0.15, 0.2) is 29.5 Å². The van der Waals surface area contributed by atoms with E-state index in [9.17, 15) is 0 Å². The van der Waals surface area contributed by atoms with Gasteiger partial charge in [0.1, 0.15) is 24.3 Å². The topological polar surface area (TPSA) is 79.3 Å². The predicted octanol–water partition coefficient (Wildman–Crippen LogP) is 2.29. The molecule has 4 heterocycles. The minimum atomic E-state index is 0.143. The van der Waals surface area contributed by atoms with Gasteiger partial charge in [0, 0.05) is 19.1 Å². The van der Waals surface area contributed by atoms with Gasteiger partial charge in [-0.3, -0.25) is 4.57 Å². The molecule has 3 aromatic rings. The summed E-state index contributed by atoms with van der Waals surface area (Å²) in [5.74, 6) is 3.70. The molecule has 0 saturated heterocycles. The number of methoxy groups -OCH3 is 1. The number of ether oxygens (including phenoxy) is 2. The van der Waals surface area contributed by atoms with Crippen LogP contribution < -0.4 is 0 Å². The number of nitrogens with zero attached hydrogens (tertiary/aromatic N) is 6. The largest absolute Gasteiger partial charge is 0.474 e. The number of hydrogen-bond donors (Lipinski definition) is 0. The van der Waals surface area contributed by atoms with Crippen molar-refractivity contribution in [1.29, 1.82) is 0 Å². The van der Waals surface area contributed by atoms with Gasteiger partial charge in [0.15, 0.2) is 0 Å². The van der Waals surface area contributed by atoms with Crippen molar-refractivity contribution >= 4 is 5.90 Å².